The Balaban J connectivity index is 2.41. The molecule has 0 spiro atoms. The van der Waals surface area contributed by atoms with Gasteiger partial charge in [-0.3, -0.25) is 4.84 Å². The van der Waals surface area contributed by atoms with Crippen molar-refractivity contribution in [3.8, 4) is 0 Å². The van der Waals surface area contributed by atoms with E-state index >= 15 is 0 Å². The van der Waals surface area contributed by atoms with Crippen LogP contribution in [0.15, 0.2) is 24.3 Å². The maximum atomic E-state index is 12.5. The molecule has 7 heteroatoms. The van der Waals surface area contributed by atoms with E-state index < -0.39 is 17.8 Å². The van der Waals surface area contributed by atoms with Gasteiger partial charge in [0.2, 0.25) is 0 Å². The fourth-order valence-corrected chi connectivity index (χ4v) is 1.59. The summed E-state index contributed by atoms with van der Waals surface area (Å²) in [7, 11) is 2.82. The second kappa shape index (κ2) is 7.14. The van der Waals surface area contributed by atoms with Crippen molar-refractivity contribution in [2.24, 2.45) is 0 Å². The molecule has 0 aromatic heterocycles. The van der Waals surface area contributed by atoms with Crippen molar-refractivity contribution in [3.63, 3.8) is 0 Å². The minimum atomic E-state index is -4.33. The number of amides is 2. The number of nitrogens with one attached hydrogen (secondary N) is 1. The third-order valence-electron chi connectivity index (χ3n) is 2.73. The molecule has 0 aliphatic carbocycles. The molecule has 1 N–H and O–H groups in total. The average Bonchev–Trinajstić information content (AvgIpc) is 2.41. The summed E-state index contributed by atoms with van der Waals surface area (Å²) in [6.45, 7) is 0.364. The zero-order valence-electron chi connectivity index (χ0n) is 11.3. The molecule has 1 rings (SSSR count). The minimum absolute atomic E-state index is 0.364. The molecular formula is C13H17F3N2O2. The van der Waals surface area contributed by atoms with Gasteiger partial charge in [-0.15, -0.1) is 0 Å². The predicted molar refractivity (Wildman–Crippen MR) is 67.9 cm³/mol. The average molecular weight is 290 g/mol. The standard InChI is InChI=1S/C13H17F3N2O2/c1-18(20-2)12(19)17-8-4-6-10-5-3-7-11(9-10)13(14,15)16/h3,5,7,9H,4,6,8H2,1-2H3,(H,17,19). The number of aryl methyl sites for hydroxylation is 1. The van der Waals surface area contributed by atoms with Crippen LogP contribution in [0.2, 0.25) is 0 Å². The summed E-state index contributed by atoms with van der Waals surface area (Å²) in [6, 6.07) is 4.80. The highest BCUT2D eigenvalue weighted by Gasteiger charge is 2.30. The van der Waals surface area contributed by atoms with Gasteiger partial charge in [0.15, 0.2) is 0 Å². The first-order chi connectivity index (χ1) is 9.34. The fourth-order valence-electron chi connectivity index (χ4n) is 1.59. The Morgan fingerprint density at radius 3 is 2.70 bits per heavy atom. The highest BCUT2D eigenvalue weighted by Crippen LogP contribution is 2.29. The van der Waals surface area contributed by atoms with E-state index in [-0.39, 0.29) is 0 Å². The molecule has 2 amide bonds. The lowest BCUT2D eigenvalue weighted by atomic mass is 10.1. The number of rotatable bonds is 5. The molecule has 0 bridgehead atoms. The third-order valence-corrected chi connectivity index (χ3v) is 2.73. The zero-order chi connectivity index (χ0) is 15.2. The first kappa shape index (κ1) is 16.3. The molecular weight excluding hydrogens is 273 g/mol. The van der Waals surface area contributed by atoms with Crippen LogP contribution in [0.1, 0.15) is 17.5 Å². The Hall–Kier alpha value is -1.76. The maximum Gasteiger partial charge on any atom is 0.416 e. The van der Waals surface area contributed by atoms with Crippen LogP contribution in [0.3, 0.4) is 0 Å². The second-order valence-corrected chi connectivity index (χ2v) is 4.21. The maximum absolute atomic E-state index is 12.5. The Bertz CT molecular complexity index is 449. The molecule has 0 aliphatic rings. The number of alkyl halides is 3. The number of hydrogen-bond donors (Lipinski definition) is 1. The van der Waals surface area contributed by atoms with E-state index in [1.807, 2.05) is 0 Å². The van der Waals surface area contributed by atoms with E-state index in [1.165, 1.54) is 20.2 Å². The summed E-state index contributed by atoms with van der Waals surface area (Å²) < 4.78 is 37.5. The number of urea groups is 1. The molecule has 0 atom stereocenters. The van der Waals surface area contributed by atoms with E-state index in [0.29, 0.717) is 24.9 Å². The first-order valence-electron chi connectivity index (χ1n) is 6.06. The minimum Gasteiger partial charge on any atom is -0.336 e. The number of carbonyl (C=O) groups is 1. The van der Waals surface area contributed by atoms with Crippen molar-refractivity contribution >= 4 is 6.03 Å². The van der Waals surface area contributed by atoms with Gasteiger partial charge in [0.1, 0.15) is 0 Å². The molecule has 0 saturated heterocycles. The second-order valence-electron chi connectivity index (χ2n) is 4.21. The third kappa shape index (κ3) is 5.08. The molecule has 0 radical (unpaired) electrons. The number of benzene rings is 1. The number of carbonyl (C=O) groups excluding carboxylic acids is 1. The highest BCUT2D eigenvalue weighted by atomic mass is 19.4. The fraction of sp³-hybridized carbons (Fsp3) is 0.462. The Morgan fingerprint density at radius 2 is 2.10 bits per heavy atom. The van der Waals surface area contributed by atoms with Crippen molar-refractivity contribution in [1.82, 2.24) is 10.4 Å². The Morgan fingerprint density at radius 1 is 1.40 bits per heavy atom. The van der Waals surface area contributed by atoms with Crippen molar-refractivity contribution < 1.29 is 22.8 Å². The lowest BCUT2D eigenvalue weighted by Crippen LogP contribution is -2.37. The number of halogens is 3. The van der Waals surface area contributed by atoms with Crippen molar-refractivity contribution in [3.05, 3.63) is 35.4 Å². The lowest BCUT2D eigenvalue weighted by molar-refractivity contribution is -0.137. The van der Waals surface area contributed by atoms with Crippen molar-refractivity contribution in [1.29, 1.82) is 0 Å². The summed E-state index contributed by atoms with van der Waals surface area (Å²) in [5.74, 6) is 0. The van der Waals surface area contributed by atoms with Gasteiger partial charge >= 0.3 is 12.2 Å². The van der Waals surface area contributed by atoms with Gasteiger partial charge in [-0.2, -0.15) is 13.2 Å². The number of hydroxylamine groups is 2. The summed E-state index contributed by atoms with van der Waals surface area (Å²) in [4.78, 5) is 16.0. The van der Waals surface area contributed by atoms with Crippen molar-refractivity contribution in [2.75, 3.05) is 20.7 Å². The molecule has 20 heavy (non-hydrogen) atoms. The van der Waals surface area contributed by atoms with Crippen LogP contribution in [0.4, 0.5) is 18.0 Å². The molecule has 0 fully saturated rings. The van der Waals surface area contributed by atoms with E-state index in [1.54, 1.807) is 6.07 Å². The molecule has 4 nitrogen and oxygen atoms in total. The topological polar surface area (TPSA) is 41.6 Å². The van der Waals surface area contributed by atoms with Crippen LogP contribution in [-0.2, 0) is 17.4 Å². The predicted octanol–water partition coefficient (Wildman–Crippen LogP) is 2.84. The van der Waals surface area contributed by atoms with Gasteiger partial charge in [-0.05, 0) is 24.5 Å². The van der Waals surface area contributed by atoms with E-state index in [4.69, 9.17) is 0 Å². The van der Waals surface area contributed by atoms with E-state index in [9.17, 15) is 18.0 Å². The van der Waals surface area contributed by atoms with Gasteiger partial charge in [-0.1, -0.05) is 18.2 Å². The summed E-state index contributed by atoms with van der Waals surface area (Å²) in [5, 5.41) is 3.62. The zero-order valence-corrected chi connectivity index (χ0v) is 11.3. The van der Waals surface area contributed by atoms with Crippen LogP contribution in [0.5, 0.6) is 0 Å². The van der Waals surface area contributed by atoms with E-state index in [2.05, 4.69) is 10.2 Å². The summed E-state index contributed by atoms with van der Waals surface area (Å²) >= 11 is 0. The van der Waals surface area contributed by atoms with Crippen LogP contribution in [0, 0.1) is 0 Å². The number of nitrogens with zero attached hydrogens (tertiary/aromatic N) is 1. The molecule has 0 unspecified atom stereocenters. The largest absolute Gasteiger partial charge is 0.416 e. The van der Waals surface area contributed by atoms with Crippen molar-refractivity contribution in [2.45, 2.75) is 19.0 Å². The Labute approximate surface area is 115 Å². The van der Waals surface area contributed by atoms with E-state index in [0.717, 1.165) is 17.2 Å². The summed E-state index contributed by atoms with van der Waals surface area (Å²) in [6.07, 6.45) is -3.32. The number of hydrogen-bond acceptors (Lipinski definition) is 2. The molecule has 0 aliphatic heterocycles. The van der Waals surface area contributed by atoms with Gasteiger partial charge in [0.05, 0.1) is 12.7 Å². The van der Waals surface area contributed by atoms with Crippen LogP contribution < -0.4 is 5.32 Å². The smallest absolute Gasteiger partial charge is 0.336 e. The quantitative estimate of drug-likeness (QED) is 0.669. The van der Waals surface area contributed by atoms with Gasteiger partial charge in [0, 0.05) is 13.6 Å². The lowest BCUT2D eigenvalue weighted by Gasteiger charge is -2.14. The molecule has 0 saturated carbocycles. The molecule has 1 aromatic rings. The first-order valence-corrected chi connectivity index (χ1v) is 6.06. The van der Waals surface area contributed by atoms with Crippen LogP contribution >= 0.6 is 0 Å². The monoisotopic (exact) mass is 290 g/mol. The highest BCUT2D eigenvalue weighted by molar-refractivity contribution is 5.72. The van der Waals surface area contributed by atoms with Gasteiger partial charge < -0.3 is 5.32 Å². The molecule has 1 aromatic carbocycles. The Kier molecular flexibility index (Phi) is 5.82. The normalized spacial score (nSPS) is 11.2. The van der Waals surface area contributed by atoms with Crippen LogP contribution in [0.25, 0.3) is 0 Å². The van der Waals surface area contributed by atoms with Gasteiger partial charge in [-0.25, -0.2) is 9.86 Å². The SMILES string of the molecule is CON(C)C(=O)NCCCc1cccc(C(F)(F)F)c1. The summed E-state index contributed by atoms with van der Waals surface area (Å²) in [5.41, 5.74) is -0.0627. The van der Waals surface area contributed by atoms with Gasteiger partial charge in [0.25, 0.3) is 0 Å². The molecule has 112 valence electrons. The molecule has 0 heterocycles. The van der Waals surface area contributed by atoms with Crippen LogP contribution in [-0.4, -0.2) is 31.8 Å².